The van der Waals surface area contributed by atoms with Crippen molar-refractivity contribution in [2.45, 2.75) is 45.1 Å². The van der Waals surface area contributed by atoms with Crippen molar-refractivity contribution < 1.29 is 35.9 Å². The van der Waals surface area contributed by atoms with Crippen molar-refractivity contribution in [3.63, 3.8) is 0 Å². The molecule has 3 N–H and O–H groups in total. The van der Waals surface area contributed by atoms with E-state index >= 15 is 0 Å². The summed E-state index contributed by atoms with van der Waals surface area (Å²) >= 11 is 0. The summed E-state index contributed by atoms with van der Waals surface area (Å²) in [4.78, 5) is 33.3. The highest BCUT2D eigenvalue weighted by Gasteiger charge is 2.41. The highest BCUT2D eigenvalue weighted by molar-refractivity contribution is 5.87. The van der Waals surface area contributed by atoms with Crippen LogP contribution in [0.4, 0.5) is 32.2 Å². The average molecular weight is 577 g/mol. The first-order valence-electron chi connectivity index (χ1n) is 11.4. The summed E-state index contributed by atoms with van der Waals surface area (Å²) in [6.07, 6.45) is -4.04. The van der Waals surface area contributed by atoms with Crippen molar-refractivity contribution in [3.05, 3.63) is 65.0 Å². The summed E-state index contributed by atoms with van der Waals surface area (Å²) in [5.74, 6) is -5.40. The number of imidazole rings is 1. The van der Waals surface area contributed by atoms with Crippen molar-refractivity contribution in [2.24, 2.45) is 5.73 Å². The number of alkyl halides is 3. The van der Waals surface area contributed by atoms with Gasteiger partial charge in [-0.1, -0.05) is 0 Å². The lowest BCUT2D eigenvalue weighted by atomic mass is 10.0. The Labute approximate surface area is 224 Å². The summed E-state index contributed by atoms with van der Waals surface area (Å²) in [5.41, 5.74) is 6.12. The number of pyridine rings is 1. The van der Waals surface area contributed by atoms with E-state index in [0.717, 1.165) is 4.57 Å². The molecule has 1 aliphatic rings. The van der Waals surface area contributed by atoms with Crippen molar-refractivity contribution in [1.29, 1.82) is 0 Å². The molecular weight excluding hydrogens is 554 g/mol. The molecule has 3 aromatic rings. The Bertz CT molecular complexity index is 1380. The largest absolute Gasteiger partial charge is 0.449 e. The van der Waals surface area contributed by atoms with Crippen LogP contribution in [0.15, 0.2) is 30.5 Å². The molecule has 3 heterocycles. The first-order valence-corrected chi connectivity index (χ1v) is 11.4. The number of hydrogen-bond donors (Lipinski definition) is 2. The monoisotopic (exact) mass is 576 g/mol. The fraction of sp³-hybridized carbons (Fsp3) is 0.333. The first-order chi connectivity index (χ1) is 17.8. The van der Waals surface area contributed by atoms with Crippen molar-refractivity contribution in [1.82, 2.24) is 19.4 Å². The van der Waals surface area contributed by atoms with E-state index in [9.17, 15) is 35.9 Å². The number of rotatable bonds is 6. The third-order valence-corrected chi connectivity index (χ3v) is 5.96. The zero-order chi connectivity index (χ0) is 27.8. The van der Waals surface area contributed by atoms with Crippen LogP contribution in [-0.4, -0.2) is 43.8 Å². The van der Waals surface area contributed by atoms with Gasteiger partial charge in [0.05, 0.1) is 17.9 Å². The Kier molecular flexibility index (Phi) is 8.91. The van der Waals surface area contributed by atoms with E-state index < -0.39 is 41.4 Å². The molecule has 0 spiro atoms. The molecular formula is C24H23ClF6N6O2. The predicted octanol–water partition coefficient (Wildman–Crippen LogP) is 4.06. The maximum absolute atomic E-state index is 14.0. The maximum atomic E-state index is 14.0. The van der Waals surface area contributed by atoms with Crippen LogP contribution in [0.1, 0.15) is 30.4 Å². The van der Waals surface area contributed by atoms with Gasteiger partial charge in [-0.15, -0.1) is 12.4 Å². The molecule has 0 aliphatic carbocycles. The number of nitrogens with two attached hydrogens (primary N) is 1. The molecule has 1 aliphatic heterocycles. The van der Waals surface area contributed by atoms with Gasteiger partial charge in [0.2, 0.25) is 17.6 Å². The second-order valence-electron chi connectivity index (χ2n) is 8.83. The minimum atomic E-state index is -4.75. The Hall–Kier alpha value is -3.65. The SMILES string of the molecule is CC(=O)Nc1ccc(-c2nc(C(F)(F)F)n3c2CN(C(=O)C[C@H](N)Cc2cc(F)c(F)cc2F)CC3)cn1.Cl. The lowest BCUT2D eigenvalue weighted by molar-refractivity contribution is -0.148. The highest BCUT2D eigenvalue weighted by Crippen LogP contribution is 2.36. The summed E-state index contributed by atoms with van der Waals surface area (Å²) in [6.45, 7) is 0.823. The Morgan fingerprint density at radius 1 is 1.10 bits per heavy atom. The third kappa shape index (κ3) is 6.68. The number of carbonyl (C=O) groups excluding carboxylic acids is 2. The van der Waals surface area contributed by atoms with Crippen molar-refractivity contribution in [2.75, 3.05) is 11.9 Å². The number of fused-ring (bicyclic) bond motifs is 1. The summed E-state index contributed by atoms with van der Waals surface area (Å²) in [6, 6.07) is 2.98. The van der Waals surface area contributed by atoms with E-state index in [1.54, 1.807) is 0 Å². The van der Waals surface area contributed by atoms with E-state index in [2.05, 4.69) is 15.3 Å². The van der Waals surface area contributed by atoms with Crippen LogP contribution < -0.4 is 11.1 Å². The standard InChI is InChI=1S/C24H22F6N6O2.ClH/c1-12(37)33-20-3-2-13(10-32-20)22-19-11-35(4-5-36(19)23(34-22)24(28,29)30)21(38)8-15(31)6-14-7-17(26)18(27)9-16(14)25;/h2-3,7,9-10,15H,4-6,8,11,31H2,1H3,(H,32,33,37);1H/t15-;/m1./s1. The van der Waals surface area contributed by atoms with Gasteiger partial charge in [0.15, 0.2) is 11.6 Å². The van der Waals surface area contributed by atoms with Crippen molar-refractivity contribution >= 4 is 30.0 Å². The van der Waals surface area contributed by atoms with Gasteiger partial charge in [0, 0.05) is 50.3 Å². The molecule has 8 nitrogen and oxygen atoms in total. The molecule has 15 heteroatoms. The van der Waals surface area contributed by atoms with Crippen LogP contribution in [0.2, 0.25) is 0 Å². The highest BCUT2D eigenvalue weighted by atomic mass is 35.5. The van der Waals surface area contributed by atoms with E-state index in [4.69, 9.17) is 5.73 Å². The molecule has 0 fully saturated rings. The second-order valence-corrected chi connectivity index (χ2v) is 8.83. The molecule has 0 saturated carbocycles. The summed E-state index contributed by atoms with van der Waals surface area (Å²) in [5, 5.41) is 2.46. The number of aromatic nitrogens is 3. The smallest absolute Gasteiger partial charge is 0.335 e. The zero-order valence-electron chi connectivity index (χ0n) is 20.4. The Morgan fingerprint density at radius 3 is 2.41 bits per heavy atom. The van der Waals surface area contributed by atoms with Crippen LogP contribution >= 0.6 is 12.4 Å². The molecule has 39 heavy (non-hydrogen) atoms. The minimum absolute atomic E-state index is 0. The molecule has 2 aromatic heterocycles. The van der Waals surface area contributed by atoms with Gasteiger partial charge in [-0.2, -0.15) is 13.2 Å². The molecule has 4 rings (SSSR count). The molecule has 0 unspecified atom stereocenters. The maximum Gasteiger partial charge on any atom is 0.449 e. The molecule has 0 radical (unpaired) electrons. The van der Waals surface area contributed by atoms with E-state index in [1.807, 2.05) is 0 Å². The number of anilines is 1. The van der Waals surface area contributed by atoms with Crippen molar-refractivity contribution in [3.8, 4) is 11.3 Å². The van der Waals surface area contributed by atoms with E-state index in [1.165, 1.54) is 30.2 Å². The number of halogens is 7. The van der Waals surface area contributed by atoms with Gasteiger partial charge in [-0.3, -0.25) is 9.59 Å². The van der Waals surface area contributed by atoms with Gasteiger partial charge in [0.25, 0.3) is 0 Å². The van der Waals surface area contributed by atoms with Gasteiger partial charge in [-0.25, -0.2) is 23.1 Å². The molecule has 0 bridgehead atoms. The number of hydrogen-bond acceptors (Lipinski definition) is 5. The zero-order valence-corrected chi connectivity index (χ0v) is 21.2. The van der Waals surface area contributed by atoms with E-state index in [-0.39, 0.29) is 79.1 Å². The predicted molar refractivity (Wildman–Crippen MR) is 130 cm³/mol. The Balaban J connectivity index is 0.00000420. The fourth-order valence-corrected chi connectivity index (χ4v) is 4.25. The minimum Gasteiger partial charge on any atom is -0.335 e. The van der Waals surface area contributed by atoms with Gasteiger partial charge in [-0.05, 0) is 30.2 Å². The number of nitrogens with one attached hydrogen (secondary N) is 1. The number of nitrogens with zero attached hydrogens (tertiary/aromatic N) is 4. The van der Waals surface area contributed by atoms with Crippen LogP contribution in [-0.2, 0) is 35.3 Å². The molecule has 2 amide bonds. The van der Waals surface area contributed by atoms with Gasteiger partial charge < -0.3 is 20.5 Å². The number of carbonyl (C=O) groups is 2. The number of benzene rings is 1. The third-order valence-electron chi connectivity index (χ3n) is 5.96. The van der Waals surface area contributed by atoms with E-state index in [0.29, 0.717) is 12.1 Å². The van der Waals surface area contributed by atoms with Crippen LogP contribution in [0.5, 0.6) is 0 Å². The fourth-order valence-electron chi connectivity index (χ4n) is 4.25. The lowest BCUT2D eigenvalue weighted by Crippen LogP contribution is -2.42. The average Bonchev–Trinajstić information content (AvgIpc) is 3.22. The number of amides is 2. The quantitative estimate of drug-likeness (QED) is 0.340. The van der Waals surface area contributed by atoms with Crippen LogP contribution in [0, 0.1) is 17.5 Å². The molecule has 1 aromatic carbocycles. The normalized spacial score (nSPS) is 13.9. The van der Waals surface area contributed by atoms with Gasteiger partial charge in [0.1, 0.15) is 11.6 Å². The van der Waals surface area contributed by atoms with Crippen LogP contribution in [0.25, 0.3) is 11.3 Å². The molecule has 0 saturated heterocycles. The summed E-state index contributed by atoms with van der Waals surface area (Å²) < 4.78 is 82.7. The Morgan fingerprint density at radius 2 is 1.79 bits per heavy atom. The topological polar surface area (TPSA) is 106 Å². The molecule has 1 atom stereocenters. The molecule has 210 valence electrons. The lowest BCUT2D eigenvalue weighted by Gasteiger charge is -2.30. The first kappa shape index (κ1) is 29.9. The van der Waals surface area contributed by atoms with Gasteiger partial charge >= 0.3 is 6.18 Å². The van der Waals surface area contributed by atoms with Crippen LogP contribution in [0.3, 0.4) is 0 Å². The second kappa shape index (κ2) is 11.6. The summed E-state index contributed by atoms with van der Waals surface area (Å²) in [7, 11) is 0.